The number of aliphatic carboxylic acids is 1. The third kappa shape index (κ3) is 4.43. The van der Waals surface area contributed by atoms with E-state index in [1.807, 2.05) is 66.7 Å². The van der Waals surface area contributed by atoms with Gasteiger partial charge in [-0.25, -0.2) is 0 Å². The van der Waals surface area contributed by atoms with Crippen LogP contribution in [0.5, 0.6) is 0 Å². The minimum atomic E-state index is -1.00. The van der Waals surface area contributed by atoms with Gasteiger partial charge in [0.25, 0.3) is 0 Å². The van der Waals surface area contributed by atoms with Gasteiger partial charge in [0.2, 0.25) is 0 Å². The molecule has 0 bridgehead atoms. The van der Waals surface area contributed by atoms with Gasteiger partial charge in [0, 0.05) is 5.92 Å². The van der Waals surface area contributed by atoms with Crippen molar-refractivity contribution in [2.75, 3.05) is 13.2 Å². The number of carbonyl (C=O) groups is 2. The van der Waals surface area contributed by atoms with Crippen molar-refractivity contribution in [3.05, 3.63) is 108 Å². The van der Waals surface area contributed by atoms with E-state index in [0.717, 1.165) is 27.5 Å². The molecule has 1 aliphatic rings. The molecule has 170 valence electrons. The molecule has 1 aliphatic carbocycles. The van der Waals surface area contributed by atoms with E-state index in [4.69, 9.17) is 4.74 Å². The molecule has 5 rings (SSSR count). The van der Waals surface area contributed by atoms with Gasteiger partial charge in [0.1, 0.15) is 12.6 Å². The normalized spacial score (nSPS) is 13.3. The van der Waals surface area contributed by atoms with Crippen LogP contribution in [-0.2, 0) is 20.7 Å². The number of ether oxygens (including phenoxy) is 1. The van der Waals surface area contributed by atoms with E-state index in [1.54, 1.807) is 0 Å². The molecule has 0 heterocycles. The van der Waals surface area contributed by atoms with Gasteiger partial charge in [-0.05, 0) is 45.0 Å². The lowest BCUT2D eigenvalue weighted by atomic mass is 9.98. The summed E-state index contributed by atoms with van der Waals surface area (Å²) in [6.45, 7) is 0.0531. The van der Waals surface area contributed by atoms with Crippen LogP contribution in [0.1, 0.15) is 22.6 Å². The van der Waals surface area contributed by atoms with E-state index in [0.29, 0.717) is 0 Å². The smallest absolute Gasteiger partial charge is 0.321 e. The zero-order valence-corrected chi connectivity index (χ0v) is 18.6. The first-order chi connectivity index (χ1) is 16.6. The average molecular weight is 452 g/mol. The van der Waals surface area contributed by atoms with Crippen molar-refractivity contribution in [2.45, 2.75) is 18.4 Å². The minimum Gasteiger partial charge on any atom is -0.480 e. The highest BCUT2D eigenvalue weighted by Gasteiger charge is 2.29. The second-order valence-electron chi connectivity index (χ2n) is 8.57. The first-order valence-electron chi connectivity index (χ1n) is 11.4. The molecular formula is C29H25NO4. The standard InChI is InChI=1S/C29H25NO4/c31-28(34-18-26-24-11-5-3-9-22(24)23-10-4-6-12-25(23)26)17-30-27(29(32)33)16-19-13-14-20-7-1-2-8-21(20)15-19/h1-15,26-27,30H,16-18H2,(H,32,33)/t27-/m1/s1. The molecule has 34 heavy (non-hydrogen) atoms. The zero-order valence-electron chi connectivity index (χ0n) is 18.6. The molecule has 4 aromatic rings. The van der Waals surface area contributed by atoms with Gasteiger partial charge in [-0.1, -0.05) is 91.0 Å². The van der Waals surface area contributed by atoms with Gasteiger partial charge in [0.05, 0.1) is 6.54 Å². The molecule has 5 heteroatoms. The van der Waals surface area contributed by atoms with Crippen molar-refractivity contribution in [1.82, 2.24) is 5.32 Å². The highest BCUT2D eigenvalue weighted by atomic mass is 16.5. The summed E-state index contributed by atoms with van der Waals surface area (Å²) in [7, 11) is 0. The fourth-order valence-corrected chi connectivity index (χ4v) is 4.72. The molecule has 0 fully saturated rings. The van der Waals surface area contributed by atoms with Crippen LogP contribution >= 0.6 is 0 Å². The van der Waals surface area contributed by atoms with Crippen LogP contribution in [0.15, 0.2) is 91.0 Å². The van der Waals surface area contributed by atoms with E-state index in [9.17, 15) is 14.7 Å². The molecule has 0 radical (unpaired) electrons. The molecule has 0 saturated carbocycles. The molecule has 0 saturated heterocycles. The summed E-state index contributed by atoms with van der Waals surface area (Å²) in [6, 6.07) is 29.2. The number of rotatable bonds is 8. The van der Waals surface area contributed by atoms with E-state index >= 15 is 0 Å². The van der Waals surface area contributed by atoms with E-state index in [-0.39, 0.29) is 25.5 Å². The number of hydrogen-bond donors (Lipinski definition) is 2. The van der Waals surface area contributed by atoms with Crippen LogP contribution in [0.3, 0.4) is 0 Å². The lowest BCUT2D eigenvalue weighted by Crippen LogP contribution is -2.41. The number of carboxylic acid groups (broad SMARTS) is 1. The first kappa shape index (κ1) is 21.9. The molecule has 2 N–H and O–H groups in total. The van der Waals surface area contributed by atoms with Crippen LogP contribution in [0.2, 0.25) is 0 Å². The number of nitrogens with one attached hydrogen (secondary N) is 1. The summed E-state index contributed by atoms with van der Waals surface area (Å²) >= 11 is 0. The summed E-state index contributed by atoms with van der Waals surface area (Å²) in [5.41, 5.74) is 5.51. The monoisotopic (exact) mass is 451 g/mol. The second kappa shape index (κ2) is 9.49. The molecule has 0 aromatic heterocycles. The van der Waals surface area contributed by atoms with Gasteiger partial charge >= 0.3 is 11.9 Å². The first-order valence-corrected chi connectivity index (χ1v) is 11.4. The summed E-state index contributed by atoms with van der Waals surface area (Å²) in [5, 5.41) is 14.7. The van der Waals surface area contributed by atoms with Crippen LogP contribution in [0, 0.1) is 0 Å². The summed E-state index contributed by atoms with van der Waals surface area (Å²) in [5.74, 6) is -1.49. The number of hydrogen-bond acceptors (Lipinski definition) is 4. The van der Waals surface area contributed by atoms with Crippen LogP contribution in [0.4, 0.5) is 0 Å². The van der Waals surface area contributed by atoms with E-state index in [1.165, 1.54) is 11.1 Å². The fraction of sp³-hybridized carbons (Fsp3) is 0.172. The molecule has 0 unspecified atom stereocenters. The van der Waals surface area contributed by atoms with Crippen LogP contribution in [0.25, 0.3) is 21.9 Å². The second-order valence-corrected chi connectivity index (χ2v) is 8.57. The summed E-state index contributed by atoms with van der Waals surface area (Å²) < 4.78 is 5.58. The zero-order chi connectivity index (χ0) is 23.5. The van der Waals surface area contributed by atoms with Crippen molar-refractivity contribution in [3.63, 3.8) is 0 Å². The van der Waals surface area contributed by atoms with Gasteiger partial charge in [-0.2, -0.15) is 0 Å². The Labute approximate surface area is 198 Å². The Morgan fingerprint density at radius 3 is 2.12 bits per heavy atom. The predicted octanol–water partition coefficient (Wildman–Crippen LogP) is 4.78. The lowest BCUT2D eigenvalue weighted by molar-refractivity contribution is -0.144. The topological polar surface area (TPSA) is 75.6 Å². The van der Waals surface area contributed by atoms with Crippen molar-refractivity contribution in [3.8, 4) is 11.1 Å². The van der Waals surface area contributed by atoms with Gasteiger partial charge in [-0.15, -0.1) is 0 Å². The lowest BCUT2D eigenvalue weighted by Gasteiger charge is -2.17. The Hall–Kier alpha value is -3.96. The maximum atomic E-state index is 12.5. The molecule has 4 aromatic carbocycles. The number of carboxylic acids is 1. The van der Waals surface area contributed by atoms with E-state index in [2.05, 4.69) is 29.6 Å². The largest absolute Gasteiger partial charge is 0.480 e. The van der Waals surface area contributed by atoms with Gasteiger partial charge in [-0.3, -0.25) is 14.9 Å². The third-order valence-electron chi connectivity index (χ3n) is 6.42. The fourth-order valence-electron chi connectivity index (χ4n) is 4.72. The molecular weight excluding hydrogens is 426 g/mol. The van der Waals surface area contributed by atoms with E-state index < -0.39 is 18.0 Å². The average Bonchev–Trinajstić information content (AvgIpc) is 3.18. The number of benzene rings is 4. The van der Waals surface area contributed by atoms with Crippen LogP contribution < -0.4 is 5.32 Å². The SMILES string of the molecule is O=C(CN[C@H](Cc1ccc2ccccc2c1)C(=O)O)OCC1c2ccccc2-c2ccccc21. The maximum absolute atomic E-state index is 12.5. The Morgan fingerprint density at radius 1 is 0.824 bits per heavy atom. The van der Waals surface area contributed by atoms with Gasteiger partial charge in [0.15, 0.2) is 0 Å². The van der Waals surface area contributed by atoms with Crippen molar-refractivity contribution >= 4 is 22.7 Å². The Morgan fingerprint density at radius 2 is 1.44 bits per heavy atom. The quantitative estimate of drug-likeness (QED) is 0.377. The van der Waals surface area contributed by atoms with Crippen LogP contribution in [-0.4, -0.2) is 36.2 Å². The van der Waals surface area contributed by atoms with Crippen molar-refractivity contribution < 1.29 is 19.4 Å². The number of esters is 1. The maximum Gasteiger partial charge on any atom is 0.321 e. The molecule has 5 nitrogen and oxygen atoms in total. The Kier molecular flexibility index (Phi) is 6.11. The summed E-state index contributed by atoms with van der Waals surface area (Å²) in [4.78, 5) is 24.3. The molecule has 1 atom stereocenters. The third-order valence-corrected chi connectivity index (χ3v) is 6.42. The molecule has 0 aliphatic heterocycles. The minimum absolute atomic E-state index is 0.0239. The van der Waals surface area contributed by atoms with Crippen molar-refractivity contribution in [2.24, 2.45) is 0 Å². The van der Waals surface area contributed by atoms with Gasteiger partial charge < -0.3 is 9.84 Å². The molecule has 0 spiro atoms. The Balaban J connectivity index is 1.21. The summed E-state index contributed by atoms with van der Waals surface area (Å²) in [6.07, 6.45) is 0.275. The highest BCUT2D eigenvalue weighted by molar-refractivity contribution is 5.83. The number of carbonyl (C=O) groups excluding carboxylic acids is 1. The number of fused-ring (bicyclic) bond motifs is 4. The predicted molar refractivity (Wildman–Crippen MR) is 132 cm³/mol. The molecule has 0 amide bonds. The Bertz CT molecular complexity index is 1320. The highest BCUT2D eigenvalue weighted by Crippen LogP contribution is 2.44. The van der Waals surface area contributed by atoms with Crippen molar-refractivity contribution in [1.29, 1.82) is 0 Å².